The Balaban J connectivity index is 3.27. The number of rotatable bonds is 15. The Hall–Kier alpha value is -0.130. The van der Waals surface area contributed by atoms with E-state index in [1.165, 1.54) is 25.7 Å². The third-order valence-electron chi connectivity index (χ3n) is 4.30. The molecule has 0 saturated heterocycles. The molecule has 4 nitrogen and oxygen atoms in total. The number of aliphatic hydroxyl groups excluding tert-OH is 1. The third kappa shape index (κ3) is 13.5. The standard InChI is InChI=1S/C17H36O4S/c1-3-4-14-17(18)15-12-10-8-6-5-7-9-11-13-16(2)22(19,20)21/h16-18H,3-15H2,1-2H3,(H,19,20,21). The molecule has 0 heterocycles. The van der Waals surface area contributed by atoms with Crippen LogP contribution in [0, 0.1) is 0 Å². The summed E-state index contributed by atoms with van der Waals surface area (Å²) in [6.45, 7) is 3.71. The van der Waals surface area contributed by atoms with E-state index >= 15 is 0 Å². The van der Waals surface area contributed by atoms with E-state index in [-0.39, 0.29) is 6.10 Å². The fourth-order valence-electron chi connectivity index (χ4n) is 2.61. The Morgan fingerprint density at radius 1 is 0.773 bits per heavy atom. The summed E-state index contributed by atoms with van der Waals surface area (Å²) in [6.07, 6.45) is 13.6. The molecule has 0 aromatic heterocycles. The second-order valence-electron chi connectivity index (χ2n) is 6.53. The SMILES string of the molecule is CCCCC(O)CCCCCCCCCCC(C)S(=O)(=O)O. The summed E-state index contributed by atoms with van der Waals surface area (Å²) < 4.78 is 30.5. The Morgan fingerprint density at radius 3 is 1.64 bits per heavy atom. The zero-order chi connectivity index (χ0) is 16.8. The minimum atomic E-state index is -3.84. The molecule has 0 bridgehead atoms. The van der Waals surface area contributed by atoms with Crippen LogP contribution in [0.25, 0.3) is 0 Å². The minimum absolute atomic E-state index is 0.107. The summed E-state index contributed by atoms with van der Waals surface area (Å²) in [7, 11) is -3.84. The summed E-state index contributed by atoms with van der Waals surface area (Å²) in [6, 6.07) is 0. The van der Waals surface area contributed by atoms with E-state index in [2.05, 4.69) is 6.92 Å². The van der Waals surface area contributed by atoms with Crippen molar-refractivity contribution in [2.75, 3.05) is 0 Å². The van der Waals surface area contributed by atoms with Gasteiger partial charge in [0.05, 0.1) is 11.4 Å². The Morgan fingerprint density at radius 2 is 1.18 bits per heavy atom. The van der Waals surface area contributed by atoms with E-state index in [0.717, 1.165) is 51.4 Å². The summed E-state index contributed by atoms with van der Waals surface area (Å²) in [5.74, 6) is 0. The topological polar surface area (TPSA) is 74.6 Å². The van der Waals surface area contributed by atoms with E-state index in [9.17, 15) is 13.5 Å². The largest absolute Gasteiger partial charge is 0.393 e. The van der Waals surface area contributed by atoms with Crippen LogP contribution in [0.15, 0.2) is 0 Å². The zero-order valence-electron chi connectivity index (χ0n) is 14.5. The van der Waals surface area contributed by atoms with Crippen LogP contribution in [0.4, 0.5) is 0 Å². The van der Waals surface area contributed by atoms with E-state index in [1.807, 2.05) is 0 Å². The molecule has 2 atom stereocenters. The van der Waals surface area contributed by atoms with Crippen molar-refractivity contribution in [1.29, 1.82) is 0 Å². The number of hydrogen-bond acceptors (Lipinski definition) is 3. The number of hydrogen-bond donors (Lipinski definition) is 2. The summed E-state index contributed by atoms with van der Waals surface area (Å²) in [5.41, 5.74) is 0. The van der Waals surface area contributed by atoms with Crippen LogP contribution in [0.3, 0.4) is 0 Å². The molecular weight excluding hydrogens is 300 g/mol. The first kappa shape index (κ1) is 21.9. The quantitative estimate of drug-likeness (QED) is 0.335. The highest BCUT2D eigenvalue weighted by Gasteiger charge is 2.15. The first-order valence-corrected chi connectivity index (χ1v) is 10.5. The first-order valence-electron chi connectivity index (χ1n) is 9.02. The Kier molecular flexibility index (Phi) is 13.2. The molecular formula is C17H36O4S. The van der Waals surface area contributed by atoms with Crippen molar-refractivity contribution in [1.82, 2.24) is 0 Å². The van der Waals surface area contributed by atoms with Crippen molar-refractivity contribution >= 4 is 10.1 Å². The van der Waals surface area contributed by atoms with Gasteiger partial charge in [-0.15, -0.1) is 0 Å². The van der Waals surface area contributed by atoms with Gasteiger partial charge in [0.2, 0.25) is 0 Å². The molecule has 0 aliphatic carbocycles. The van der Waals surface area contributed by atoms with Gasteiger partial charge in [-0.1, -0.05) is 71.1 Å². The summed E-state index contributed by atoms with van der Waals surface area (Å²) >= 11 is 0. The van der Waals surface area contributed by atoms with Crippen molar-refractivity contribution in [2.45, 2.75) is 109 Å². The fourth-order valence-corrected chi connectivity index (χ4v) is 3.07. The molecule has 2 unspecified atom stereocenters. The highest BCUT2D eigenvalue weighted by Crippen LogP contribution is 2.14. The second-order valence-corrected chi connectivity index (χ2v) is 8.36. The molecule has 0 saturated carbocycles. The van der Waals surface area contributed by atoms with Crippen molar-refractivity contribution < 1.29 is 18.1 Å². The Bertz CT molecular complexity index is 341. The van der Waals surface area contributed by atoms with Crippen LogP contribution >= 0.6 is 0 Å². The van der Waals surface area contributed by atoms with Crippen molar-refractivity contribution in [3.8, 4) is 0 Å². The van der Waals surface area contributed by atoms with Crippen molar-refractivity contribution in [3.63, 3.8) is 0 Å². The maximum atomic E-state index is 10.8. The molecule has 0 aliphatic heterocycles. The van der Waals surface area contributed by atoms with E-state index in [0.29, 0.717) is 6.42 Å². The average Bonchev–Trinajstić information content (AvgIpc) is 2.45. The maximum absolute atomic E-state index is 10.8. The number of unbranched alkanes of at least 4 members (excludes halogenated alkanes) is 8. The van der Waals surface area contributed by atoms with Gasteiger partial charge in [0, 0.05) is 0 Å². The molecule has 0 aromatic carbocycles. The van der Waals surface area contributed by atoms with Crippen LogP contribution in [0.1, 0.15) is 97.3 Å². The molecule has 0 amide bonds. The summed E-state index contributed by atoms with van der Waals surface area (Å²) in [5, 5.41) is 9.09. The lowest BCUT2D eigenvalue weighted by Crippen LogP contribution is -2.16. The normalized spacial score (nSPS) is 14.9. The molecule has 134 valence electrons. The van der Waals surface area contributed by atoms with Gasteiger partial charge in [-0.25, -0.2) is 0 Å². The van der Waals surface area contributed by atoms with Gasteiger partial charge >= 0.3 is 0 Å². The fraction of sp³-hybridized carbons (Fsp3) is 1.00. The Labute approximate surface area is 137 Å². The lowest BCUT2D eigenvalue weighted by atomic mass is 10.0. The van der Waals surface area contributed by atoms with Gasteiger partial charge in [-0.05, 0) is 26.2 Å². The molecule has 0 fully saturated rings. The van der Waals surface area contributed by atoms with Crippen LogP contribution < -0.4 is 0 Å². The average molecular weight is 337 g/mol. The van der Waals surface area contributed by atoms with Gasteiger partial charge in [-0.3, -0.25) is 4.55 Å². The van der Waals surface area contributed by atoms with Crippen LogP contribution in [-0.2, 0) is 10.1 Å². The molecule has 0 spiro atoms. The minimum Gasteiger partial charge on any atom is -0.393 e. The molecule has 0 radical (unpaired) electrons. The second kappa shape index (κ2) is 13.3. The molecule has 5 heteroatoms. The molecule has 0 aromatic rings. The predicted octanol–water partition coefficient (Wildman–Crippen LogP) is 4.71. The van der Waals surface area contributed by atoms with Crippen LogP contribution in [0.2, 0.25) is 0 Å². The van der Waals surface area contributed by atoms with Crippen LogP contribution in [-0.4, -0.2) is 29.4 Å². The maximum Gasteiger partial charge on any atom is 0.267 e. The van der Waals surface area contributed by atoms with Gasteiger partial charge in [0.15, 0.2) is 0 Å². The zero-order valence-corrected chi connectivity index (χ0v) is 15.3. The lowest BCUT2D eigenvalue weighted by Gasteiger charge is -2.09. The molecule has 22 heavy (non-hydrogen) atoms. The predicted molar refractivity (Wildman–Crippen MR) is 92.7 cm³/mol. The van der Waals surface area contributed by atoms with E-state index in [4.69, 9.17) is 4.55 Å². The van der Waals surface area contributed by atoms with Crippen LogP contribution in [0.5, 0.6) is 0 Å². The summed E-state index contributed by atoms with van der Waals surface area (Å²) in [4.78, 5) is 0. The van der Waals surface area contributed by atoms with Gasteiger partial charge in [0.1, 0.15) is 0 Å². The highest BCUT2D eigenvalue weighted by atomic mass is 32.2. The van der Waals surface area contributed by atoms with E-state index < -0.39 is 15.4 Å². The first-order chi connectivity index (χ1) is 10.4. The van der Waals surface area contributed by atoms with Crippen molar-refractivity contribution in [2.24, 2.45) is 0 Å². The van der Waals surface area contributed by atoms with Gasteiger partial charge in [-0.2, -0.15) is 8.42 Å². The van der Waals surface area contributed by atoms with Crippen molar-refractivity contribution in [3.05, 3.63) is 0 Å². The molecule has 2 N–H and O–H groups in total. The van der Waals surface area contributed by atoms with E-state index in [1.54, 1.807) is 6.92 Å². The lowest BCUT2D eigenvalue weighted by molar-refractivity contribution is 0.148. The van der Waals surface area contributed by atoms with Gasteiger partial charge < -0.3 is 5.11 Å². The molecule has 0 rings (SSSR count). The highest BCUT2D eigenvalue weighted by molar-refractivity contribution is 7.86. The number of aliphatic hydroxyl groups is 1. The van der Waals surface area contributed by atoms with Gasteiger partial charge in [0.25, 0.3) is 10.1 Å². The third-order valence-corrected chi connectivity index (χ3v) is 5.55. The smallest absolute Gasteiger partial charge is 0.267 e. The molecule has 0 aliphatic rings. The monoisotopic (exact) mass is 336 g/mol.